The van der Waals surface area contributed by atoms with Gasteiger partial charge in [0.1, 0.15) is 6.54 Å². The molecule has 1 N–H and O–H groups in total. The van der Waals surface area contributed by atoms with Gasteiger partial charge < -0.3 is 14.6 Å². The van der Waals surface area contributed by atoms with Crippen molar-refractivity contribution in [2.75, 3.05) is 13.1 Å². The molecule has 0 aliphatic rings. The maximum Gasteiger partial charge on any atom is 0.323 e. The smallest absolute Gasteiger partial charge is 0.323 e. The Balaban J connectivity index is 2.46. The van der Waals surface area contributed by atoms with Gasteiger partial charge in [0.15, 0.2) is 0 Å². The molecule has 0 saturated heterocycles. The summed E-state index contributed by atoms with van der Waals surface area (Å²) in [6.07, 6.45) is 1.80. The molecule has 0 spiro atoms. The Bertz CT molecular complexity index is 646. The minimum Gasteiger partial charge on any atom is -0.480 e. The highest BCUT2D eigenvalue weighted by atomic mass is 16.4. The lowest BCUT2D eigenvalue weighted by Crippen LogP contribution is -2.35. The summed E-state index contributed by atoms with van der Waals surface area (Å²) in [6, 6.07) is 7.66. The first-order valence-corrected chi connectivity index (χ1v) is 6.67. The molecule has 0 bridgehead atoms. The second-order valence-corrected chi connectivity index (χ2v) is 4.56. The van der Waals surface area contributed by atoms with Crippen molar-refractivity contribution in [1.29, 1.82) is 0 Å². The molecule has 1 aromatic carbocycles. The summed E-state index contributed by atoms with van der Waals surface area (Å²) in [5.74, 6) is -1.24. The number of hydrogen-bond acceptors (Lipinski definition) is 2. The number of benzene rings is 1. The Hall–Kier alpha value is -2.30. The van der Waals surface area contributed by atoms with Crippen molar-refractivity contribution in [3.05, 3.63) is 36.0 Å². The van der Waals surface area contributed by atoms with Gasteiger partial charge in [-0.1, -0.05) is 18.2 Å². The van der Waals surface area contributed by atoms with Gasteiger partial charge in [-0.25, -0.2) is 0 Å². The second kappa shape index (κ2) is 5.77. The lowest BCUT2D eigenvalue weighted by Gasteiger charge is -2.17. The first kappa shape index (κ1) is 14.1. The normalized spacial score (nSPS) is 10.7. The fraction of sp³-hybridized carbons (Fsp3) is 0.333. The van der Waals surface area contributed by atoms with E-state index in [0.717, 1.165) is 17.4 Å². The van der Waals surface area contributed by atoms with E-state index in [1.54, 1.807) is 13.1 Å². The number of carbonyl (C=O) groups excluding carboxylic acids is 1. The van der Waals surface area contributed by atoms with Crippen molar-refractivity contribution in [3.8, 4) is 0 Å². The van der Waals surface area contributed by atoms with Gasteiger partial charge in [0.25, 0.3) is 5.91 Å². The number of fused-ring (bicyclic) bond motifs is 1. The molecule has 0 atom stereocenters. The average molecular weight is 274 g/mol. The number of carbonyl (C=O) groups is 2. The van der Waals surface area contributed by atoms with Crippen LogP contribution >= 0.6 is 0 Å². The molecular formula is C15H18N2O3. The van der Waals surface area contributed by atoms with Crippen molar-refractivity contribution < 1.29 is 14.7 Å². The number of aryl methyl sites for hydroxylation is 1. The molecule has 0 aliphatic heterocycles. The molecule has 1 aromatic heterocycles. The molecule has 5 heteroatoms. The Morgan fingerprint density at radius 1 is 1.25 bits per heavy atom. The third-order valence-electron chi connectivity index (χ3n) is 3.35. The summed E-state index contributed by atoms with van der Waals surface area (Å²) in [6.45, 7) is 4.64. The number of likely N-dealkylation sites (N-methyl/N-ethyl adjacent to an activating group) is 1. The van der Waals surface area contributed by atoms with Crippen molar-refractivity contribution in [2.24, 2.45) is 0 Å². The molecule has 20 heavy (non-hydrogen) atoms. The zero-order chi connectivity index (χ0) is 14.7. The van der Waals surface area contributed by atoms with E-state index >= 15 is 0 Å². The Morgan fingerprint density at radius 2 is 1.95 bits per heavy atom. The maximum absolute atomic E-state index is 12.5. The molecule has 0 saturated carbocycles. The minimum atomic E-state index is -1.00. The van der Waals surface area contributed by atoms with E-state index < -0.39 is 5.97 Å². The van der Waals surface area contributed by atoms with E-state index in [1.165, 1.54) is 4.90 Å². The van der Waals surface area contributed by atoms with E-state index in [2.05, 4.69) is 0 Å². The van der Waals surface area contributed by atoms with Gasteiger partial charge in [-0.05, 0) is 19.9 Å². The second-order valence-electron chi connectivity index (χ2n) is 4.56. The number of carboxylic acids is 1. The zero-order valence-corrected chi connectivity index (χ0v) is 11.7. The van der Waals surface area contributed by atoms with Crippen LogP contribution in [0.3, 0.4) is 0 Å². The molecule has 106 valence electrons. The van der Waals surface area contributed by atoms with Crippen molar-refractivity contribution >= 4 is 22.8 Å². The van der Waals surface area contributed by atoms with E-state index in [1.807, 2.05) is 35.8 Å². The number of carboxylic acid groups (broad SMARTS) is 1. The summed E-state index contributed by atoms with van der Waals surface area (Å²) >= 11 is 0. The average Bonchev–Trinajstić information content (AvgIpc) is 2.82. The van der Waals surface area contributed by atoms with Gasteiger partial charge in [0.05, 0.1) is 5.56 Å². The van der Waals surface area contributed by atoms with E-state index in [0.29, 0.717) is 12.1 Å². The van der Waals surface area contributed by atoms with Crippen molar-refractivity contribution in [1.82, 2.24) is 9.47 Å². The third kappa shape index (κ3) is 2.52. The fourth-order valence-corrected chi connectivity index (χ4v) is 2.34. The number of para-hydroxylation sites is 1. The van der Waals surface area contributed by atoms with Crippen LogP contribution in [-0.2, 0) is 11.3 Å². The zero-order valence-electron chi connectivity index (χ0n) is 11.7. The lowest BCUT2D eigenvalue weighted by atomic mass is 10.1. The van der Waals surface area contributed by atoms with Crippen LogP contribution in [0.15, 0.2) is 30.5 Å². The quantitative estimate of drug-likeness (QED) is 0.909. The van der Waals surface area contributed by atoms with E-state index in [-0.39, 0.29) is 12.5 Å². The summed E-state index contributed by atoms with van der Waals surface area (Å²) in [4.78, 5) is 24.7. The summed E-state index contributed by atoms with van der Waals surface area (Å²) in [5.41, 5.74) is 1.55. The number of aliphatic carboxylic acids is 1. The molecular weight excluding hydrogens is 256 g/mol. The van der Waals surface area contributed by atoms with Crippen LogP contribution in [-0.4, -0.2) is 39.5 Å². The van der Waals surface area contributed by atoms with Crippen LogP contribution in [0.2, 0.25) is 0 Å². The van der Waals surface area contributed by atoms with Crippen LogP contribution in [0.4, 0.5) is 0 Å². The van der Waals surface area contributed by atoms with Gasteiger partial charge >= 0.3 is 5.97 Å². The summed E-state index contributed by atoms with van der Waals surface area (Å²) in [7, 11) is 0. The van der Waals surface area contributed by atoms with Crippen LogP contribution < -0.4 is 0 Å². The van der Waals surface area contributed by atoms with Gasteiger partial charge in [-0.3, -0.25) is 9.59 Å². The Morgan fingerprint density at radius 3 is 2.55 bits per heavy atom. The van der Waals surface area contributed by atoms with Crippen molar-refractivity contribution in [3.63, 3.8) is 0 Å². The van der Waals surface area contributed by atoms with E-state index in [4.69, 9.17) is 5.11 Å². The molecule has 2 aromatic rings. The van der Waals surface area contributed by atoms with E-state index in [9.17, 15) is 9.59 Å². The first-order valence-electron chi connectivity index (χ1n) is 6.67. The Labute approximate surface area is 117 Å². The predicted molar refractivity (Wildman–Crippen MR) is 76.8 cm³/mol. The molecule has 0 unspecified atom stereocenters. The van der Waals surface area contributed by atoms with Crippen LogP contribution in [0.5, 0.6) is 0 Å². The monoisotopic (exact) mass is 274 g/mol. The molecule has 0 aliphatic carbocycles. The van der Waals surface area contributed by atoms with Crippen LogP contribution in [0.25, 0.3) is 10.9 Å². The van der Waals surface area contributed by atoms with Gasteiger partial charge in [0, 0.05) is 30.2 Å². The molecule has 5 nitrogen and oxygen atoms in total. The highest BCUT2D eigenvalue weighted by Crippen LogP contribution is 2.22. The first-order chi connectivity index (χ1) is 9.58. The SMILES string of the molecule is CCN(CC(=O)O)C(=O)c1cn(CC)c2ccccc12. The van der Waals surface area contributed by atoms with Gasteiger partial charge in [-0.2, -0.15) is 0 Å². The topological polar surface area (TPSA) is 62.5 Å². The minimum absolute atomic E-state index is 0.238. The largest absolute Gasteiger partial charge is 0.480 e. The Kier molecular flexibility index (Phi) is 4.08. The number of amides is 1. The van der Waals surface area contributed by atoms with Crippen molar-refractivity contribution in [2.45, 2.75) is 20.4 Å². The molecule has 0 fully saturated rings. The summed E-state index contributed by atoms with van der Waals surface area (Å²) in [5, 5.41) is 9.74. The van der Waals surface area contributed by atoms with Crippen LogP contribution in [0.1, 0.15) is 24.2 Å². The number of nitrogens with zero attached hydrogens (tertiary/aromatic N) is 2. The lowest BCUT2D eigenvalue weighted by molar-refractivity contribution is -0.137. The third-order valence-corrected chi connectivity index (χ3v) is 3.35. The fourth-order valence-electron chi connectivity index (χ4n) is 2.34. The highest BCUT2D eigenvalue weighted by Gasteiger charge is 2.21. The molecule has 1 amide bonds. The number of hydrogen-bond donors (Lipinski definition) is 1. The molecule has 2 rings (SSSR count). The van der Waals surface area contributed by atoms with Gasteiger partial charge in [-0.15, -0.1) is 0 Å². The number of aromatic nitrogens is 1. The van der Waals surface area contributed by atoms with Gasteiger partial charge in [0.2, 0.25) is 0 Å². The number of rotatable bonds is 5. The molecule has 0 radical (unpaired) electrons. The standard InChI is InChI=1S/C15H18N2O3/c1-3-16-9-12(11-7-5-6-8-13(11)16)15(20)17(4-2)10-14(18)19/h5-9H,3-4,10H2,1-2H3,(H,18,19). The van der Waals surface area contributed by atoms with Crippen LogP contribution in [0, 0.1) is 0 Å². The predicted octanol–water partition coefficient (Wildman–Crippen LogP) is 2.21. The maximum atomic E-state index is 12.5. The summed E-state index contributed by atoms with van der Waals surface area (Å²) < 4.78 is 2.00. The molecule has 1 heterocycles. The highest BCUT2D eigenvalue weighted by molar-refractivity contribution is 6.07.